The molecule has 0 rings (SSSR count). The van der Waals surface area contributed by atoms with Crippen molar-refractivity contribution in [2.45, 2.75) is 53.4 Å². The van der Waals surface area contributed by atoms with E-state index in [1.54, 1.807) is 0 Å². The average molecular weight is 374 g/mol. The molecule has 26 heavy (non-hydrogen) atoms. The molecule has 0 aliphatic rings. The van der Waals surface area contributed by atoms with Crippen molar-refractivity contribution in [2.75, 3.05) is 46.6 Å². The van der Waals surface area contributed by atoms with Gasteiger partial charge >= 0.3 is 0 Å². The highest BCUT2D eigenvalue weighted by Crippen LogP contribution is 2.28. The SMILES string of the molecule is CCC(C)(CNC(=O)CCOCCNC)COCC(C)(CC)CC(N)=O. The number of carbonyl (C=O) groups is 2. The highest BCUT2D eigenvalue weighted by atomic mass is 16.5. The quantitative estimate of drug-likeness (QED) is 0.355. The minimum absolute atomic E-state index is 0.0127. The number of rotatable bonds is 16. The first-order valence-electron chi connectivity index (χ1n) is 9.55. The molecule has 0 aliphatic carbocycles. The summed E-state index contributed by atoms with van der Waals surface area (Å²) in [4.78, 5) is 23.2. The molecular formula is C19H39N3O4. The predicted molar refractivity (Wildman–Crippen MR) is 104 cm³/mol. The summed E-state index contributed by atoms with van der Waals surface area (Å²) in [7, 11) is 1.86. The molecule has 2 atom stereocenters. The van der Waals surface area contributed by atoms with Gasteiger partial charge in [-0.3, -0.25) is 9.59 Å². The number of hydrogen-bond donors (Lipinski definition) is 3. The van der Waals surface area contributed by atoms with Crippen molar-refractivity contribution in [1.29, 1.82) is 0 Å². The van der Waals surface area contributed by atoms with Crippen LogP contribution < -0.4 is 16.4 Å². The number of primary amides is 1. The third-order valence-electron chi connectivity index (χ3n) is 4.89. The maximum atomic E-state index is 11.9. The Kier molecular flexibility index (Phi) is 12.5. The number of nitrogens with one attached hydrogen (secondary N) is 2. The summed E-state index contributed by atoms with van der Waals surface area (Å²) < 4.78 is 11.3. The minimum Gasteiger partial charge on any atom is -0.380 e. The van der Waals surface area contributed by atoms with Gasteiger partial charge in [0.15, 0.2) is 0 Å². The molecule has 0 heterocycles. The normalized spacial score (nSPS) is 15.9. The van der Waals surface area contributed by atoms with E-state index < -0.39 is 0 Å². The van der Waals surface area contributed by atoms with E-state index in [0.29, 0.717) is 45.8 Å². The van der Waals surface area contributed by atoms with Gasteiger partial charge in [0, 0.05) is 31.3 Å². The summed E-state index contributed by atoms with van der Waals surface area (Å²) in [6.07, 6.45) is 2.38. The Hall–Kier alpha value is -1.18. The monoisotopic (exact) mass is 373 g/mol. The molecule has 4 N–H and O–H groups in total. The third-order valence-corrected chi connectivity index (χ3v) is 4.89. The second kappa shape index (κ2) is 13.1. The van der Waals surface area contributed by atoms with Crippen LogP contribution in [0.25, 0.3) is 0 Å². The number of ether oxygens (including phenoxy) is 2. The molecule has 154 valence electrons. The fraction of sp³-hybridized carbons (Fsp3) is 0.895. The Labute approximate surface area is 158 Å². The molecule has 0 fully saturated rings. The first kappa shape index (κ1) is 24.8. The van der Waals surface area contributed by atoms with Gasteiger partial charge in [0.05, 0.1) is 26.4 Å². The number of hydrogen-bond acceptors (Lipinski definition) is 5. The van der Waals surface area contributed by atoms with Crippen molar-refractivity contribution < 1.29 is 19.1 Å². The van der Waals surface area contributed by atoms with Crippen LogP contribution in [0.2, 0.25) is 0 Å². The maximum absolute atomic E-state index is 11.9. The summed E-state index contributed by atoms with van der Waals surface area (Å²) in [6, 6.07) is 0. The van der Waals surface area contributed by atoms with E-state index in [-0.39, 0.29) is 22.6 Å². The molecule has 0 saturated heterocycles. The van der Waals surface area contributed by atoms with Gasteiger partial charge < -0.3 is 25.8 Å². The molecule has 0 aromatic carbocycles. The standard InChI is InChI=1S/C19H39N3O4/c1-6-18(3,12-16(20)23)14-26-15-19(4,7-2)13-22-17(24)8-10-25-11-9-21-5/h21H,6-15H2,1-5H3,(H2,20,23)(H,22,24). The van der Waals surface area contributed by atoms with Crippen molar-refractivity contribution in [3.63, 3.8) is 0 Å². The predicted octanol–water partition coefficient (Wildman–Crippen LogP) is 1.45. The first-order valence-corrected chi connectivity index (χ1v) is 9.55. The molecule has 0 radical (unpaired) electrons. The minimum atomic E-state index is -0.305. The molecule has 0 aromatic rings. The largest absolute Gasteiger partial charge is 0.380 e. The number of nitrogens with two attached hydrogens (primary N) is 1. The van der Waals surface area contributed by atoms with Crippen molar-refractivity contribution in [1.82, 2.24) is 10.6 Å². The lowest BCUT2D eigenvalue weighted by atomic mass is 9.84. The van der Waals surface area contributed by atoms with Gasteiger partial charge in [-0.05, 0) is 25.3 Å². The summed E-state index contributed by atoms with van der Waals surface area (Å²) in [5.41, 5.74) is 4.94. The third kappa shape index (κ3) is 11.4. The molecule has 0 bridgehead atoms. The zero-order valence-corrected chi connectivity index (χ0v) is 17.3. The molecule has 0 aromatic heterocycles. The van der Waals surface area contributed by atoms with Crippen LogP contribution in [0.4, 0.5) is 0 Å². The molecule has 0 aliphatic heterocycles. The smallest absolute Gasteiger partial charge is 0.222 e. The first-order chi connectivity index (χ1) is 12.2. The second-order valence-corrected chi connectivity index (χ2v) is 7.71. The van der Waals surface area contributed by atoms with Crippen LogP contribution in [-0.4, -0.2) is 58.4 Å². The maximum Gasteiger partial charge on any atom is 0.222 e. The lowest BCUT2D eigenvalue weighted by molar-refractivity contribution is -0.124. The van der Waals surface area contributed by atoms with E-state index >= 15 is 0 Å². The number of likely N-dealkylation sites (N-methyl/N-ethyl adjacent to an activating group) is 1. The zero-order chi connectivity index (χ0) is 20.1. The summed E-state index contributed by atoms with van der Waals surface area (Å²) in [6.45, 7) is 11.6. The number of carbonyl (C=O) groups excluding carboxylic acids is 2. The van der Waals surface area contributed by atoms with Crippen LogP contribution in [0.15, 0.2) is 0 Å². The molecule has 7 nitrogen and oxygen atoms in total. The zero-order valence-electron chi connectivity index (χ0n) is 17.3. The van der Waals surface area contributed by atoms with Crippen LogP contribution in [0.5, 0.6) is 0 Å². The van der Waals surface area contributed by atoms with Crippen LogP contribution in [-0.2, 0) is 19.1 Å². The Bertz CT molecular complexity index is 420. The van der Waals surface area contributed by atoms with Gasteiger partial charge in [-0.15, -0.1) is 0 Å². The van der Waals surface area contributed by atoms with Crippen LogP contribution in [0.3, 0.4) is 0 Å². The highest BCUT2D eigenvalue weighted by molar-refractivity contribution is 5.76. The highest BCUT2D eigenvalue weighted by Gasteiger charge is 2.28. The van der Waals surface area contributed by atoms with Crippen LogP contribution in [0, 0.1) is 10.8 Å². The van der Waals surface area contributed by atoms with E-state index in [1.807, 2.05) is 20.9 Å². The lowest BCUT2D eigenvalue weighted by Crippen LogP contribution is -2.40. The Morgan fingerprint density at radius 2 is 1.62 bits per heavy atom. The molecule has 2 unspecified atom stereocenters. The van der Waals surface area contributed by atoms with E-state index in [2.05, 4.69) is 24.5 Å². The van der Waals surface area contributed by atoms with Crippen molar-refractivity contribution >= 4 is 11.8 Å². The van der Waals surface area contributed by atoms with Gasteiger partial charge in [0.1, 0.15) is 0 Å². The summed E-state index contributed by atoms with van der Waals surface area (Å²) in [5.74, 6) is -0.318. The van der Waals surface area contributed by atoms with E-state index in [0.717, 1.165) is 19.4 Å². The van der Waals surface area contributed by atoms with E-state index in [4.69, 9.17) is 15.2 Å². The van der Waals surface area contributed by atoms with Gasteiger partial charge in [-0.25, -0.2) is 0 Å². The lowest BCUT2D eigenvalue weighted by Gasteiger charge is -2.32. The average Bonchev–Trinajstić information content (AvgIpc) is 2.59. The van der Waals surface area contributed by atoms with Crippen molar-refractivity contribution in [3.8, 4) is 0 Å². The fourth-order valence-electron chi connectivity index (χ4n) is 2.36. The Morgan fingerprint density at radius 3 is 2.15 bits per heavy atom. The summed E-state index contributed by atoms with van der Waals surface area (Å²) in [5, 5.41) is 5.96. The van der Waals surface area contributed by atoms with Gasteiger partial charge in [0.2, 0.25) is 11.8 Å². The second-order valence-electron chi connectivity index (χ2n) is 7.71. The molecule has 0 spiro atoms. The van der Waals surface area contributed by atoms with Gasteiger partial charge in [-0.1, -0.05) is 27.7 Å². The van der Waals surface area contributed by atoms with Gasteiger partial charge in [-0.2, -0.15) is 0 Å². The molecular weight excluding hydrogens is 334 g/mol. The van der Waals surface area contributed by atoms with E-state index in [1.165, 1.54) is 0 Å². The molecule has 0 saturated carbocycles. The van der Waals surface area contributed by atoms with Crippen LogP contribution >= 0.6 is 0 Å². The fourth-order valence-corrected chi connectivity index (χ4v) is 2.36. The van der Waals surface area contributed by atoms with Gasteiger partial charge in [0.25, 0.3) is 0 Å². The van der Waals surface area contributed by atoms with Crippen molar-refractivity contribution in [3.05, 3.63) is 0 Å². The summed E-state index contributed by atoms with van der Waals surface area (Å²) >= 11 is 0. The Morgan fingerprint density at radius 1 is 1.00 bits per heavy atom. The number of amides is 2. The molecule has 2 amide bonds. The van der Waals surface area contributed by atoms with Crippen LogP contribution in [0.1, 0.15) is 53.4 Å². The van der Waals surface area contributed by atoms with Crippen molar-refractivity contribution in [2.24, 2.45) is 16.6 Å². The Balaban J connectivity index is 4.22. The molecule has 7 heteroatoms. The van der Waals surface area contributed by atoms with E-state index in [9.17, 15) is 9.59 Å². The topological polar surface area (TPSA) is 103 Å².